The molecular formula is C15H26N2O3. The van der Waals surface area contributed by atoms with Crippen molar-refractivity contribution in [1.82, 2.24) is 4.90 Å². The molecule has 5 heteroatoms. The van der Waals surface area contributed by atoms with E-state index in [9.17, 15) is 9.90 Å². The Morgan fingerprint density at radius 2 is 2.10 bits per heavy atom. The van der Waals surface area contributed by atoms with Gasteiger partial charge in [0.05, 0.1) is 6.10 Å². The molecule has 5 nitrogen and oxygen atoms in total. The van der Waals surface area contributed by atoms with Gasteiger partial charge in [0.15, 0.2) is 0 Å². The van der Waals surface area contributed by atoms with Crippen molar-refractivity contribution in [3.8, 4) is 0 Å². The van der Waals surface area contributed by atoms with Gasteiger partial charge in [0.1, 0.15) is 12.3 Å². The molecule has 1 atom stereocenters. The smallest absolute Gasteiger partial charge is 0.354 e. The van der Waals surface area contributed by atoms with Gasteiger partial charge in [-0.15, -0.1) is 0 Å². The molecule has 0 bridgehead atoms. The summed E-state index contributed by atoms with van der Waals surface area (Å²) in [5.74, 6) is -0.580. The minimum atomic E-state index is -0.611. The highest BCUT2D eigenvalue weighted by Crippen LogP contribution is 2.08. The normalized spacial score (nSPS) is 18.3. The molecular weight excluding hydrogens is 256 g/mol. The lowest BCUT2D eigenvalue weighted by Gasteiger charge is -2.24. The number of carbonyl (C=O) groups is 1. The van der Waals surface area contributed by atoms with Crippen molar-refractivity contribution in [3.63, 3.8) is 0 Å². The van der Waals surface area contributed by atoms with E-state index in [2.05, 4.69) is 4.90 Å². The molecule has 1 aliphatic rings. The number of nitrogens with zero attached hydrogens (tertiary/aromatic N) is 1. The molecule has 20 heavy (non-hydrogen) atoms. The number of likely N-dealkylation sites (tertiary alicyclic amines) is 1. The van der Waals surface area contributed by atoms with Crippen molar-refractivity contribution in [3.05, 3.63) is 24.0 Å². The Hall–Kier alpha value is -1.49. The predicted octanol–water partition coefficient (Wildman–Crippen LogP) is 1.53. The van der Waals surface area contributed by atoms with Gasteiger partial charge in [0, 0.05) is 13.1 Å². The number of esters is 1. The number of hydrogen-bond acceptors (Lipinski definition) is 5. The third-order valence-electron chi connectivity index (χ3n) is 3.23. The standard InChI is InChI=1S/C15H26N2O3/c1-2-7-13(18)12-20-15(19)14(16)8-6-11-17-9-4-3-5-10-17/h6,8,11,13,18H,2-5,7,9-10,12,16H2,1H3/b11-6+,14-8-. The van der Waals surface area contributed by atoms with Crippen LogP contribution in [0.1, 0.15) is 39.0 Å². The molecule has 1 saturated heterocycles. The van der Waals surface area contributed by atoms with Crippen molar-refractivity contribution in [2.75, 3.05) is 19.7 Å². The molecule has 1 heterocycles. The predicted molar refractivity (Wildman–Crippen MR) is 78.7 cm³/mol. The first-order chi connectivity index (χ1) is 9.63. The SMILES string of the molecule is CCCC(O)COC(=O)/C(N)=C/C=C/N1CCCCC1. The maximum atomic E-state index is 11.6. The number of rotatable bonds is 7. The van der Waals surface area contributed by atoms with Gasteiger partial charge in [0.25, 0.3) is 0 Å². The van der Waals surface area contributed by atoms with Crippen LogP contribution >= 0.6 is 0 Å². The zero-order chi connectivity index (χ0) is 14.8. The number of aliphatic hydroxyl groups is 1. The Morgan fingerprint density at radius 3 is 2.75 bits per heavy atom. The average molecular weight is 282 g/mol. The van der Waals surface area contributed by atoms with Gasteiger partial charge in [-0.3, -0.25) is 0 Å². The highest BCUT2D eigenvalue weighted by Gasteiger charge is 2.10. The second kappa shape index (κ2) is 9.42. The van der Waals surface area contributed by atoms with E-state index in [1.807, 2.05) is 13.1 Å². The molecule has 1 rings (SSSR count). The first-order valence-corrected chi connectivity index (χ1v) is 7.36. The van der Waals surface area contributed by atoms with Crippen LogP contribution in [0.3, 0.4) is 0 Å². The lowest BCUT2D eigenvalue weighted by molar-refractivity contribution is -0.142. The zero-order valence-electron chi connectivity index (χ0n) is 12.3. The van der Waals surface area contributed by atoms with E-state index in [4.69, 9.17) is 10.5 Å². The van der Waals surface area contributed by atoms with Gasteiger partial charge in [0.2, 0.25) is 0 Å². The number of carbonyl (C=O) groups excluding carboxylic acids is 1. The fourth-order valence-corrected chi connectivity index (χ4v) is 2.08. The van der Waals surface area contributed by atoms with Crippen LogP contribution in [0.2, 0.25) is 0 Å². The summed E-state index contributed by atoms with van der Waals surface area (Å²) >= 11 is 0. The summed E-state index contributed by atoms with van der Waals surface area (Å²) in [6, 6.07) is 0. The molecule has 1 aliphatic heterocycles. The second-order valence-electron chi connectivity index (χ2n) is 5.10. The minimum absolute atomic E-state index is 0.00292. The van der Waals surface area contributed by atoms with Gasteiger partial charge >= 0.3 is 5.97 Å². The summed E-state index contributed by atoms with van der Waals surface area (Å²) in [6.45, 7) is 4.07. The first-order valence-electron chi connectivity index (χ1n) is 7.36. The molecule has 0 aromatic carbocycles. The van der Waals surface area contributed by atoms with E-state index in [1.54, 1.807) is 12.2 Å². The third-order valence-corrected chi connectivity index (χ3v) is 3.23. The first kappa shape index (κ1) is 16.6. The van der Waals surface area contributed by atoms with Crippen molar-refractivity contribution < 1.29 is 14.6 Å². The van der Waals surface area contributed by atoms with Crippen molar-refractivity contribution >= 4 is 5.97 Å². The van der Waals surface area contributed by atoms with E-state index in [-0.39, 0.29) is 12.3 Å². The molecule has 0 radical (unpaired) electrons. The Morgan fingerprint density at radius 1 is 1.40 bits per heavy atom. The lowest BCUT2D eigenvalue weighted by Crippen LogP contribution is -2.24. The van der Waals surface area contributed by atoms with E-state index < -0.39 is 12.1 Å². The van der Waals surface area contributed by atoms with Crippen LogP contribution in [-0.4, -0.2) is 41.8 Å². The Kier molecular flexibility index (Phi) is 7.80. The topological polar surface area (TPSA) is 75.8 Å². The number of nitrogens with two attached hydrogens (primary N) is 1. The van der Waals surface area contributed by atoms with Crippen LogP contribution in [0.4, 0.5) is 0 Å². The fourth-order valence-electron chi connectivity index (χ4n) is 2.08. The molecule has 0 aromatic rings. The van der Waals surface area contributed by atoms with Crippen LogP contribution in [-0.2, 0) is 9.53 Å². The largest absolute Gasteiger partial charge is 0.458 e. The molecule has 3 N–H and O–H groups in total. The van der Waals surface area contributed by atoms with Crippen LogP contribution in [0.25, 0.3) is 0 Å². The molecule has 1 fully saturated rings. The van der Waals surface area contributed by atoms with E-state index in [0.717, 1.165) is 19.5 Å². The highest BCUT2D eigenvalue weighted by atomic mass is 16.5. The Balaban J connectivity index is 2.31. The molecule has 1 unspecified atom stereocenters. The van der Waals surface area contributed by atoms with Gasteiger partial charge < -0.3 is 20.5 Å². The van der Waals surface area contributed by atoms with Crippen LogP contribution in [0.15, 0.2) is 24.0 Å². The van der Waals surface area contributed by atoms with E-state index >= 15 is 0 Å². The van der Waals surface area contributed by atoms with Crippen molar-refractivity contribution in [2.24, 2.45) is 5.73 Å². The molecule has 0 amide bonds. The molecule has 0 saturated carbocycles. The minimum Gasteiger partial charge on any atom is -0.458 e. The summed E-state index contributed by atoms with van der Waals surface area (Å²) in [5.41, 5.74) is 5.69. The highest BCUT2D eigenvalue weighted by molar-refractivity contribution is 5.87. The summed E-state index contributed by atoms with van der Waals surface area (Å²) < 4.78 is 4.93. The number of hydrogen-bond donors (Lipinski definition) is 2. The van der Waals surface area contributed by atoms with E-state index in [1.165, 1.54) is 19.3 Å². The monoisotopic (exact) mass is 282 g/mol. The quantitative estimate of drug-likeness (QED) is 0.421. The molecule has 114 valence electrons. The maximum Gasteiger partial charge on any atom is 0.354 e. The number of ether oxygens (including phenoxy) is 1. The van der Waals surface area contributed by atoms with Crippen molar-refractivity contribution in [1.29, 1.82) is 0 Å². The number of aliphatic hydroxyl groups excluding tert-OH is 1. The van der Waals surface area contributed by atoms with Gasteiger partial charge in [-0.05, 0) is 44.0 Å². The Bertz CT molecular complexity index is 347. The summed E-state index contributed by atoms with van der Waals surface area (Å²) in [4.78, 5) is 13.8. The summed E-state index contributed by atoms with van der Waals surface area (Å²) in [7, 11) is 0. The lowest BCUT2D eigenvalue weighted by atomic mass is 10.1. The van der Waals surface area contributed by atoms with Gasteiger partial charge in [-0.1, -0.05) is 13.3 Å². The molecule has 0 spiro atoms. The fraction of sp³-hybridized carbons (Fsp3) is 0.667. The van der Waals surface area contributed by atoms with Gasteiger partial charge in [-0.2, -0.15) is 0 Å². The number of piperidine rings is 1. The zero-order valence-corrected chi connectivity index (χ0v) is 12.3. The summed E-state index contributed by atoms with van der Waals surface area (Å²) in [6.07, 6.45) is 9.82. The average Bonchev–Trinajstić information content (AvgIpc) is 2.46. The maximum absolute atomic E-state index is 11.6. The van der Waals surface area contributed by atoms with Gasteiger partial charge in [-0.25, -0.2) is 4.79 Å². The van der Waals surface area contributed by atoms with Crippen LogP contribution in [0.5, 0.6) is 0 Å². The van der Waals surface area contributed by atoms with Crippen molar-refractivity contribution in [2.45, 2.75) is 45.1 Å². The Labute approximate surface area is 121 Å². The third kappa shape index (κ3) is 6.61. The molecule has 0 aliphatic carbocycles. The number of allylic oxidation sites excluding steroid dienone is 2. The summed E-state index contributed by atoms with van der Waals surface area (Å²) in [5, 5.41) is 9.47. The van der Waals surface area contributed by atoms with E-state index in [0.29, 0.717) is 6.42 Å². The van der Waals surface area contributed by atoms with Crippen LogP contribution < -0.4 is 5.73 Å². The second-order valence-corrected chi connectivity index (χ2v) is 5.10. The van der Waals surface area contributed by atoms with Crippen LogP contribution in [0, 0.1) is 0 Å². The molecule has 0 aromatic heterocycles.